The molecule has 1 aliphatic rings. The van der Waals surface area contributed by atoms with E-state index in [-0.39, 0.29) is 23.3 Å². The van der Waals surface area contributed by atoms with Gasteiger partial charge in [-0.2, -0.15) is 0 Å². The molecule has 0 aliphatic carbocycles. The van der Waals surface area contributed by atoms with Crippen LogP contribution in [0, 0.1) is 6.92 Å². The monoisotopic (exact) mass is 320 g/mol. The van der Waals surface area contributed by atoms with Gasteiger partial charge in [-0.15, -0.1) is 12.4 Å². The van der Waals surface area contributed by atoms with Crippen LogP contribution in [0.4, 0.5) is 0 Å². The van der Waals surface area contributed by atoms with Crippen molar-refractivity contribution >= 4 is 22.4 Å². The Hall–Kier alpha value is -0.820. The van der Waals surface area contributed by atoms with Crippen LogP contribution < -0.4 is 14.8 Å². The van der Waals surface area contributed by atoms with E-state index in [1.165, 1.54) is 0 Å². The van der Waals surface area contributed by atoms with Crippen LogP contribution in [0.5, 0.6) is 5.75 Å². The van der Waals surface area contributed by atoms with Gasteiger partial charge in [0.05, 0.1) is 12.0 Å². The molecule has 7 heteroatoms. The quantitative estimate of drug-likeness (QED) is 0.862. The third-order valence-electron chi connectivity index (χ3n) is 3.36. The van der Waals surface area contributed by atoms with E-state index in [9.17, 15) is 8.42 Å². The Labute approximate surface area is 126 Å². The second-order valence-corrected chi connectivity index (χ2v) is 6.54. The fourth-order valence-electron chi connectivity index (χ4n) is 2.24. The summed E-state index contributed by atoms with van der Waals surface area (Å²) in [6, 6.07) is 5.12. The van der Waals surface area contributed by atoms with Gasteiger partial charge in [-0.1, -0.05) is 0 Å². The van der Waals surface area contributed by atoms with Crippen molar-refractivity contribution in [3.05, 3.63) is 23.8 Å². The van der Waals surface area contributed by atoms with Crippen molar-refractivity contribution in [2.24, 2.45) is 0 Å². The average Bonchev–Trinajstić information content (AvgIpc) is 2.89. The molecule has 2 rings (SSSR count). The molecule has 1 aromatic carbocycles. The Bertz CT molecular complexity index is 543. The zero-order valence-electron chi connectivity index (χ0n) is 11.7. The van der Waals surface area contributed by atoms with Crippen LogP contribution in [0.3, 0.4) is 0 Å². The normalized spacial score (nSPS) is 18.6. The van der Waals surface area contributed by atoms with E-state index in [4.69, 9.17) is 4.74 Å². The molecule has 1 heterocycles. The number of benzene rings is 1. The second kappa shape index (κ2) is 7.26. The van der Waals surface area contributed by atoms with Crippen LogP contribution in [-0.4, -0.2) is 34.7 Å². The first-order chi connectivity index (χ1) is 9.03. The lowest BCUT2D eigenvalue weighted by molar-refractivity contribution is 0.411. The summed E-state index contributed by atoms with van der Waals surface area (Å²) in [6.07, 6.45) is 2.12. The number of hydrogen-bond acceptors (Lipinski definition) is 4. The molecular weight excluding hydrogens is 300 g/mol. The number of halogens is 1. The Morgan fingerprint density at radius 1 is 1.45 bits per heavy atom. The largest absolute Gasteiger partial charge is 0.496 e. The molecule has 2 N–H and O–H groups in total. The zero-order chi connectivity index (χ0) is 13.9. The van der Waals surface area contributed by atoms with Crippen LogP contribution in [0.1, 0.15) is 18.4 Å². The summed E-state index contributed by atoms with van der Waals surface area (Å²) in [5.74, 6) is 0.691. The zero-order valence-corrected chi connectivity index (χ0v) is 13.3. The van der Waals surface area contributed by atoms with Gasteiger partial charge in [0.15, 0.2) is 0 Å². The number of sulfonamides is 1. The molecule has 0 saturated carbocycles. The van der Waals surface area contributed by atoms with Crippen molar-refractivity contribution in [2.45, 2.75) is 30.7 Å². The maximum atomic E-state index is 12.2. The molecule has 0 amide bonds. The lowest BCUT2D eigenvalue weighted by atomic mass is 10.2. The second-order valence-electron chi connectivity index (χ2n) is 4.78. The third kappa shape index (κ3) is 4.09. The molecule has 1 aliphatic heterocycles. The van der Waals surface area contributed by atoms with Gasteiger partial charge < -0.3 is 10.1 Å². The number of aryl methyl sites for hydroxylation is 1. The molecule has 1 saturated heterocycles. The van der Waals surface area contributed by atoms with Crippen molar-refractivity contribution in [3.63, 3.8) is 0 Å². The Morgan fingerprint density at radius 3 is 2.75 bits per heavy atom. The van der Waals surface area contributed by atoms with E-state index < -0.39 is 10.0 Å². The molecular formula is C13H21ClN2O3S. The lowest BCUT2D eigenvalue weighted by Gasteiger charge is -2.13. The van der Waals surface area contributed by atoms with E-state index in [2.05, 4.69) is 10.0 Å². The van der Waals surface area contributed by atoms with E-state index >= 15 is 0 Å². The fraction of sp³-hybridized carbons (Fsp3) is 0.538. The lowest BCUT2D eigenvalue weighted by Crippen LogP contribution is -2.37. The Balaban J connectivity index is 0.00000200. The first kappa shape index (κ1) is 17.2. The number of hydrogen-bond donors (Lipinski definition) is 2. The maximum absolute atomic E-state index is 12.2. The number of ether oxygens (including phenoxy) is 1. The molecule has 1 fully saturated rings. The summed E-state index contributed by atoms with van der Waals surface area (Å²) in [4.78, 5) is 0.281. The first-order valence-electron chi connectivity index (χ1n) is 6.40. The fourth-order valence-corrected chi connectivity index (χ4v) is 3.41. The van der Waals surface area contributed by atoms with Gasteiger partial charge in [-0.3, -0.25) is 0 Å². The number of methoxy groups -OCH3 is 1. The molecule has 1 atom stereocenters. The van der Waals surface area contributed by atoms with Crippen molar-refractivity contribution < 1.29 is 13.2 Å². The summed E-state index contributed by atoms with van der Waals surface area (Å²) >= 11 is 0. The molecule has 1 aromatic rings. The molecule has 20 heavy (non-hydrogen) atoms. The molecule has 114 valence electrons. The first-order valence-corrected chi connectivity index (χ1v) is 7.89. The molecule has 0 spiro atoms. The number of rotatable bonds is 5. The minimum Gasteiger partial charge on any atom is -0.496 e. The topological polar surface area (TPSA) is 67.4 Å². The predicted octanol–water partition coefficient (Wildman–Crippen LogP) is 1.46. The van der Waals surface area contributed by atoms with Gasteiger partial charge >= 0.3 is 0 Å². The van der Waals surface area contributed by atoms with E-state index in [1.807, 2.05) is 6.92 Å². The van der Waals surface area contributed by atoms with Crippen molar-refractivity contribution in [3.8, 4) is 5.75 Å². The highest BCUT2D eigenvalue weighted by Gasteiger charge is 2.19. The van der Waals surface area contributed by atoms with Crippen molar-refractivity contribution in [1.29, 1.82) is 0 Å². The Morgan fingerprint density at radius 2 is 2.20 bits per heavy atom. The summed E-state index contributed by atoms with van der Waals surface area (Å²) in [5, 5.41) is 3.26. The van der Waals surface area contributed by atoms with Crippen LogP contribution >= 0.6 is 12.4 Å². The van der Waals surface area contributed by atoms with Crippen molar-refractivity contribution in [1.82, 2.24) is 10.0 Å². The van der Waals surface area contributed by atoms with Gasteiger partial charge in [-0.05, 0) is 50.1 Å². The molecule has 5 nitrogen and oxygen atoms in total. The summed E-state index contributed by atoms with van der Waals surface area (Å²) in [6.45, 7) is 3.23. The van der Waals surface area contributed by atoms with Crippen LogP contribution in [0.25, 0.3) is 0 Å². The molecule has 0 aromatic heterocycles. The molecule has 0 bridgehead atoms. The summed E-state index contributed by atoms with van der Waals surface area (Å²) < 4.78 is 32.1. The third-order valence-corrected chi connectivity index (χ3v) is 4.78. The standard InChI is InChI=1S/C13H20N2O3S.ClH/c1-10-8-12(5-6-13(10)18-2)19(16,17)15-9-11-4-3-7-14-11;/h5-6,8,11,14-15H,3-4,7,9H2,1-2H3;1H. The Kier molecular flexibility index (Phi) is 6.26. The molecule has 0 radical (unpaired) electrons. The number of nitrogens with one attached hydrogen (secondary N) is 2. The van der Waals surface area contributed by atoms with Crippen LogP contribution in [0.2, 0.25) is 0 Å². The van der Waals surface area contributed by atoms with Crippen LogP contribution in [-0.2, 0) is 10.0 Å². The van der Waals surface area contributed by atoms with Gasteiger partial charge in [-0.25, -0.2) is 13.1 Å². The SMILES string of the molecule is COc1ccc(S(=O)(=O)NCC2CCCN2)cc1C.Cl. The highest BCUT2D eigenvalue weighted by Crippen LogP contribution is 2.21. The predicted molar refractivity (Wildman–Crippen MR) is 81.2 cm³/mol. The van der Waals surface area contributed by atoms with Gasteiger partial charge in [0, 0.05) is 12.6 Å². The van der Waals surface area contributed by atoms with Gasteiger partial charge in [0.25, 0.3) is 0 Å². The van der Waals surface area contributed by atoms with Gasteiger partial charge in [0.2, 0.25) is 10.0 Å². The van der Waals surface area contributed by atoms with E-state index in [0.29, 0.717) is 12.3 Å². The minimum atomic E-state index is -3.44. The van der Waals surface area contributed by atoms with Crippen LogP contribution in [0.15, 0.2) is 23.1 Å². The average molecular weight is 321 g/mol. The van der Waals surface area contributed by atoms with Crippen molar-refractivity contribution in [2.75, 3.05) is 20.2 Å². The van der Waals surface area contributed by atoms with Gasteiger partial charge in [0.1, 0.15) is 5.75 Å². The van der Waals surface area contributed by atoms with E-state index in [0.717, 1.165) is 24.9 Å². The maximum Gasteiger partial charge on any atom is 0.240 e. The highest BCUT2D eigenvalue weighted by atomic mass is 35.5. The van der Waals surface area contributed by atoms with E-state index in [1.54, 1.807) is 25.3 Å². The minimum absolute atomic E-state index is 0. The molecule has 1 unspecified atom stereocenters. The highest BCUT2D eigenvalue weighted by molar-refractivity contribution is 7.89. The summed E-state index contributed by atoms with van der Waals surface area (Å²) in [7, 11) is -1.87. The smallest absolute Gasteiger partial charge is 0.240 e. The summed E-state index contributed by atoms with van der Waals surface area (Å²) in [5.41, 5.74) is 0.810.